The lowest BCUT2D eigenvalue weighted by Crippen LogP contribution is -2.41. The van der Waals surface area contributed by atoms with Crippen LogP contribution in [0.15, 0.2) is 10.6 Å². The zero-order chi connectivity index (χ0) is 13.1. The Hall–Kier alpha value is -1.36. The van der Waals surface area contributed by atoms with Gasteiger partial charge in [0.25, 0.3) is 0 Å². The third-order valence-corrected chi connectivity index (χ3v) is 3.11. The van der Waals surface area contributed by atoms with E-state index >= 15 is 0 Å². The third-order valence-electron chi connectivity index (χ3n) is 3.11. The van der Waals surface area contributed by atoms with E-state index in [9.17, 15) is 4.79 Å². The molecule has 5 nitrogen and oxygen atoms in total. The van der Waals surface area contributed by atoms with Gasteiger partial charge in [-0.3, -0.25) is 4.79 Å². The van der Waals surface area contributed by atoms with Crippen LogP contribution in [0.4, 0.5) is 0 Å². The van der Waals surface area contributed by atoms with Crippen LogP contribution in [0.1, 0.15) is 38.8 Å². The van der Waals surface area contributed by atoms with E-state index in [0.717, 1.165) is 25.1 Å². The zero-order valence-corrected chi connectivity index (χ0v) is 11.3. The van der Waals surface area contributed by atoms with Crippen molar-refractivity contribution in [2.45, 2.75) is 52.2 Å². The summed E-state index contributed by atoms with van der Waals surface area (Å²) in [4.78, 5) is 18.1. The van der Waals surface area contributed by atoms with Crippen LogP contribution in [0.5, 0.6) is 0 Å². The Labute approximate surface area is 108 Å². The van der Waals surface area contributed by atoms with Gasteiger partial charge in [-0.1, -0.05) is 20.8 Å². The molecule has 1 N–H and O–H groups in total. The number of hydrogen-bond donors (Lipinski definition) is 1. The first-order valence-corrected chi connectivity index (χ1v) is 6.58. The summed E-state index contributed by atoms with van der Waals surface area (Å²) in [5, 5.41) is 3.28. The minimum Gasteiger partial charge on any atom is -0.444 e. The average Bonchev–Trinajstić information content (AvgIpc) is 2.90. The molecule has 1 unspecified atom stereocenters. The van der Waals surface area contributed by atoms with Gasteiger partial charge >= 0.3 is 0 Å². The Kier molecular flexibility index (Phi) is 4.01. The molecular weight excluding hydrogens is 230 g/mol. The van der Waals surface area contributed by atoms with Gasteiger partial charge in [0, 0.05) is 19.0 Å². The van der Waals surface area contributed by atoms with Crippen LogP contribution < -0.4 is 5.32 Å². The lowest BCUT2D eigenvalue weighted by Gasteiger charge is -2.16. The largest absolute Gasteiger partial charge is 0.444 e. The monoisotopic (exact) mass is 251 g/mol. The van der Waals surface area contributed by atoms with E-state index in [4.69, 9.17) is 4.42 Å². The van der Waals surface area contributed by atoms with Gasteiger partial charge < -0.3 is 14.6 Å². The minimum absolute atomic E-state index is 0.0504. The van der Waals surface area contributed by atoms with Crippen LogP contribution in [-0.4, -0.2) is 34.4 Å². The first kappa shape index (κ1) is 13.1. The fraction of sp³-hybridized carbons (Fsp3) is 0.692. The van der Waals surface area contributed by atoms with Gasteiger partial charge in [-0.05, 0) is 6.42 Å². The zero-order valence-electron chi connectivity index (χ0n) is 11.3. The molecular formula is C13H21N3O2. The summed E-state index contributed by atoms with van der Waals surface area (Å²) in [5.74, 6) is 1.65. The van der Waals surface area contributed by atoms with E-state index in [-0.39, 0.29) is 11.9 Å². The van der Waals surface area contributed by atoms with Gasteiger partial charge in [-0.2, -0.15) is 0 Å². The Morgan fingerprint density at radius 2 is 2.39 bits per heavy atom. The molecule has 1 aromatic rings. The lowest BCUT2D eigenvalue weighted by molar-refractivity contribution is -0.130. The molecule has 1 aliphatic heterocycles. The number of rotatable bonds is 5. The minimum atomic E-state index is -0.0504. The van der Waals surface area contributed by atoms with Gasteiger partial charge in [-0.25, -0.2) is 4.98 Å². The first-order chi connectivity index (χ1) is 8.60. The molecule has 1 atom stereocenters. The molecule has 0 aromatic carbocycles. The predicted octanol–water partition coefficient (Wildman–Crippen LogP) is 1.34. The van der Waals surface area contributed by atoms with E-state index < -0.39 is 0 Å². The number of hydrogen-bond acceptors (Lipinski definition) is 4. The molecule has 0 aliphatic carbocycles. The number of likely N-dealkylation sites (tertiary alicyclic amines) is 1. The number of aryl methyl sites for hydroxylation is 1. The summed E-state index contributed by atoms with van der Waals surface area (Å²) in [7, 11) is 0. The van der Waals surface area contributed by atoms with Gasteiger partial charge in [0.15, 0.2) is 0 Å². The number of carbonyl (C=O) groups is 1. The average molecular weight is 251 g/mol. The number of aromatic nitrogens is 1. The topological polar surface area (TPSA) is 58.4 Å². The maximum atomic E-state index is 12.1. The SMILES string of the molecule is CCc1cnc(CN2CCC(NC(C)C)C2=O)o1. The molecule has 1 aromatic heterocycles. The fourth-order valence-electron chi connectivity index (χ4n) is 2.20. The van der Waals surface area contributed by atoms with Crippen LogP contribution >= 0.6 is 0 Å². The Morgan fingerprint density at radius 1 is 1.61 bits per heavy atom. The van der Waals surface area contributed by atoms with Crippen molar-refractivity contribution in [2.24, 2.45) is 0 Å². The molecule has 0 bridgehead atoms. The van der Waals surface area contributed by atoms with Crippen LogP contribution in [-0.2, 0) is 17.8 Å². The molecule has 0 saturated carbocycles. The van der Waals surface area contributed by atoms with E-state index in [0.29, 0.717) is 18.5 Å². The van der Waals surface area contributed by atoms with Crippen LogP contribution in [0.2, 0.25) is 0 Å². The number of nitrogens with one attached hydrogen (secondary N) is 1. The Balaban J connectivity index is 1.93. The van der Waals surface area contributed by atoms with Crippen molar-refractivity contribution in [1.82, 2.24) is 15.2 Å². The highest BCUT2D eigenvalue weighted by Crippen LogP contribution is 2.16. The van der Waals surface area contributed by atoms with Crippen molar-refractivity contribution in [3.8, 4) is 0 Å². The van der Waals surface area contributed by atoms with E-state index in [2.05, 4.69) is 24.1 Å². The van der Waals surface area contributed by atoms with Crippen molar-refractivity contribution in [3.05, 3.63) is 17.8 Å². The van der Waals surface area contributed by atoms with Crippen molar-refractivity contribution < 1.29 is 9.21 Å². The predicted molar refractivity (Wildman–Crippen MR) is 68.0 cm³/mol. The second-order valence-electron chi connectivity index (χ2n) is 5.00. The highest BCUT2D eigenvalue weighted by Gasteiger charge is 2.32. The highest BCUT2D eigenvalue weighted by molar-refractivity contribution is 5.83. The number of oxazole rings is 1. The molecule has 100 valence electrons. The summed E-state index contributed by atoms with van der Waals surface area (Å²) >= 11 is 0. The summed E-state index contributed by atoms with van der Waals surface area (Å²) in [6.07, 6.45) is 3.43. The first-order valence-electron chi connectivity index (χ1n) is 6.58. The van der Waals surface area contributed by atoms with Crippen LogP contribution in [0.3, 0.4) is 0 Å². The maximum Gasteiger partial charge on any atom is 0.240 e. The van der Waals surface area contributed by atoms with Crippen molar-refractivity contribution in [1.29, 1.82) is 0 Å². The standard InChI is InChI=1S/C13H21N3O2/c1-4-10-7-14-12(18-10)8-16-6-5-11(13(16)17)15-9(2)3/h7,9,11,15H,4-6,8H2,1-3H3. The molecule has 0 spiro atoms. The van der Waals surface area contributed by atoms with Crippen LogP contribution in [0, 0.1) is 0 Å². The summed E-state index contributed by atoms with van der Waals surface area (Å²) in [5.41, 5.74) is 0. The van der Waals surface area contributed by atoms with E-state index in [1.54, 1.807) is 6.20 Å². The van der Waals surface area contributed by atoms with Crippen molar-refractivity contribution >= 4 is 5.91 Å². The second-order valence-corrected chi connectivity index (χ2v) is 5.00. The molecule has 2 heterocycles. The van der Waals surface area contributed by atoms with Gasteiger partial charge in [0.1, 0.15) is 5.76 Å². The van der Waals surface area contributed by atoms with Gasteiger partial charge in [-0.15, -0.1) is 0 Å². The van der Waals surface area contributed by atoms with Crippen molar-refractivity contribution in [2.75, 3.05) is 6.54 Å². The van der Waals surface area contributed by atoms with Gasteiger partial charge in [0.05, 0.1) is 18.8 Å². The highest BCUT2D eigenvalue weighted by atomic mass is 16.4. The maximum absolute atomic E-state index is 12.1. The Morgan fingerprint density at radius 3 is 3.00 bits per heavy atom. The van der Waals surface area contributed by atoms with Crippen molar-refractivity contribution in [3.63, 3.8) is 0 Å². The normalized spacial score (nSPS) is 20.1. The molecule has 1 aliphatic rings. The van der Waals surface area contributed by atoms with Gasteiger partial charge in [0.2, 0.25) is 11.8 Å². The molecule has 1 saturated heterocycles. The molecule has 2 rings (SSSR count). The lowest BCUT2D eigenvalue weighted by atomic mass is 10.2. The molecule has 0 radical (unpaired) electrons. The molecule has 1 amide bonds. The third kappa shape index (κ3) is 2.90. The molecule has 1 fully saturated rings. The smallest absolute Gasteiger partial charge is 0.240 e. The quantitative estimate of drug-likeness (QED) is 0.858. The number of carbonyl (C=O) groups excluding carboxylic acids is 1. The van der Waals surface area contributed by atoms with E-state index in [1.807, 2.05) is 11.8 Å². The number of amides is 1. The van der Waals surface area contributed by atoms with Crippen LogP contribution in [0.25, 0.3) is 0 Å². The molecule has 18 heavy (non-hydrogen) atoms. The summed E-state index contributed by atoms with van der Waals surface area (Å²) in [6.45, 7) is 7.38. The Bertz CT molecular complexity index is 414. The second kappa shape index (κ2) is 5.52. The molecule has 5 heteroatoms. The summed E-state index contributed by atoms with van der Waals surface area (Å²) in [6, 6.07) is 0.276. The summed E-state index contributed by atoms with van der Waals surface area (Å²) < 4.78 is 5.53. The fourth-order valence-corrected chi connectivity index (χ4v) is 2.20. The van der Waals surface area contributed by atoms with E-state index in [1.165, 1.54) is 0 Å². The number of nitrogens with zero attached hydrogens (tertiary/aromatic N) is 2.